The van der Waals surface area contributed by atoms with Crippen LogP contribution in [0.3, 0.4) is 0 Å². The first-order chi connectivity index (χ1) is 9.13. The van der Waals surface area contributed by atoms with Crippen molar-refractivity contribution in [3.63, 3.8) is 0 Å². The largest absolute Gasteiger partial charge is 0.465 e. The van der Waals surface area contributed by atoms with Crippen LogP contribution < -0.4 is 0 Å². The highest BCUT2D eigenvalue weighted by molar-refractivity contribution is 6.36. The highest BCUT2D eigenvalue weighted by atomic mass is 35.5. The van der Waals surface area contributed by atoms with Gasteiger partial charge in [-0.3, -0.25) is 0 Å². The van der Waals surface area contributed by atoms with Crippen molar-refractivity contribution in [2.24, 2.45) is 7.05 Å². The van der Waals surface area contributed by atoms with Gasteiger partial charge in [0.2, 0.25) is 0 Å². The van der Waals surface area contributed by atoms with Crippen LogP contribution in [-0.4, -0.2) is 27.6 Å². The number of aromatic nitrogens is 3. The molecule has 0 aliphatic heterocycles. The first-order valence-electron chi connectivity index (χ1n) is 5.60. The zero-order valence-corrected chi connectivity index (χ0v) is 11.1. The molecule has 3 aromatic rings. The lowest BCUT2D eigenvalue weighted by Gasteiger charge is -2.00. The zero-order valence-electron chi connectivity index (χ0n) is 10.3. The van der Waals surface area contributed by atoms with Crippen LogP contribution in [0.1, 0.15) is 10.4 Å². The van der Waals surface area contributed by atoms with Crippen LogP contribution >= 0.6 is 11.6 Å². The molecule has 0 fully saturated rings. The third-order valence-corrected chi connectivity index (χ3v) is 3.43. The summed E-state index contributed by atoms with van der Waals surface area (Å²) in [6.45, 7) is 0. The van der Waals surface area contributed by atoms with Crippen molar-refractivity contribution < 1.29 is 9.53 Å². The Bertz CT molecular complexity index is 810. The van der Waals surface area contributed by atoms with Gasteiger partial charge >= 0.3 is 5.97 Å². The molecule has 0 aliphatic carbocycles. The number of fused-ring (bicyclic) bond motifs is 3. The van der Waals surface area contributed by atoms with Crippen molar-refractivity contribution in [1.82, 2.24) is 14.5 Å². The summed E-state index contributed by atoms with van der Waals surface area (Å²) >= 11 is 6.12. The highest BCUT2D eigenvalue weighted by Gasteiger charge is 2.15. The Morgan fingerprint density at radius 1 is 1.37 bits per heavy atom. The number of aryl methyl sites for hydroxylation is 1. The van der Waals surface area contributed by atoms with E-state index in [1.54, 1.807) is 12.1 Å². The Balaban J connectivity index is 2.42. The van der Waals surface area contributed by atoms with E-state index in [0.717, 1.165) is 21.9 Å². The van der Waals surface area contributed by atoms with E-state index in [4.69, 9.17) is 16.3 Å². The summed E-state index contributed by atoms with van der Waals surface area (Å²) in [6.07, 6.45) is 1.42. The van der Waals surface area contributed by atoms with Gasteiger partial charge in [0.1, 0.15) is 17.1 Å². The molecule has 96 valence electrons. The molecule has 0 unspecified atom stereocenters. The highest BCUT2D eigenvalue weighted by Crippen LogP contribution is 2.31. The van der Waals surface area contributed by atoms with Crippen LogP contribution in [0.5, 0.6) is 0 Å². The van der Waals surface area contributed by atoms with E-state index in [-0.39, 0.29) is 5.97 Å². The average Bonchev–Trinajstić information content (AvgIpc) is 2.72. The molecular weight excluding hydrogens is 266 g/mol. The first kappa shape index (κ1) is 11.9. The Kier molecular flexibility index (Phi) is 2.64. The van der Waals surface area contributed by atoms with Gasteiger partial charge in [-0.2, -0.15) is 0 Å². The maximum atomic E-state index is 11.6. The molecule has 0 saturated carbocycles. The number of rotatable bonds is 1. The Hall–Kier alpha value is -2.14. The molecule has 0 saturated heterocycles. The average molecular weight is 276 g/mol. The summed E-state index contributed by atoms with van der Waals surface area (Å²) in [4.78, 5) is 19.8. The summed E-state index contributed by atoms with van der Waals surface area (Å²) in [5.41, 5.74) is 2.09. The van der Waals surface area contributed by atoms with Gasteiger partial charge in [0.05, 0.1) is 23.6 Å². The summed E-state index contributed by atoms with van der Waals surface area (Å²) in [5.74, 6) is -0.371. The molecule has 2 heterocycles. The lowest BCUT2D eigenvalue weighted by molar-refractivity contribution is 0.0601. The fraction of sp³-hybridized carbons (Fsp3) is 0.154. The van der Waals surface area contributed by atoms with Crippen molar-refractivity contribution in [3.05, 3.63) is 35.2 Å². The number of hydrogen-bond acceptors (Lipinski definition) is 4. The number of ether oxygens (including phenoxy) is 1. The molecule has 0 amide bonds. The molecule has 0 aliphatic rings. The smallest absolute Gasteiger partial charge is 0.337 e. The van der Waals surface area contributed by atoms with Gasteiger partial charge in [-0.25, -0.2) is 14.8 Å². The van der Waals surface area contributed by atoms with Crippen molar-refractivity contribution in [1.29, 1.82) is 0 Å². The van der Waals surface area contributed by atoms with Crippen LogP contribution in [-0.2, 0) is 11.8 Å². The molecule has 6 heteroatoms. The molecule has 5 nitrogen and oxygen atoms in total. The number of benzene rings is 1. The van der Waals surface area contributed by atoms with E-state index in [1.165, 1.54) is 13.4 Å². The van der Waals surface area contributed by atoms with Crippen LogP contribution in [0.15, 0.2) is 24.5 Å². The number of methoxy groups -OCH3 is 1. The number of carbonyl (C=O) groups excluding carboxylic acids is 1. The fourth-order valence-electron chi connectivity index (χ4n) is 2.22. The number of carbonyl (C=O) groups is 1. The second kappa shape index (κ2) is 4.20. The maximum absolute atomic E-state index is 11.6. The lowest BCUT2D eigenvalue weighted by Crippen LogP contribution is -2.01. The minimum atomic E-state index is -0.371. The molecular formula is C13H10ClN3O2. The van der Waals surface area contributed by atoms with E-state index in [1.807, 2.05) is 17.7 Å². The van der Waals surface area contributed by atoms with Crippen molar-refractivity contribution >= 4 is 39.5 Å². The standard InChI is InChI=1S/C13H10ClN3O2/c1-17-9-5-7(13(18)19-2)3-4-8(9)10-11(14)15-6-16-12(10)17/h3-6H,1-2H3. The molecule has 0 atom stereocenters. The predicted octanol–water partition coefficient (Wildman–Crippen LogP) is 2.56. The van der Waals surface area contributed by atoms with Gasteiger partial charge < -0.3 is 9.30 Å². The van der Waals surface area contributed by atoms with Crippen LogP contribution in [0, 0.1) is 0 Å². The summed E-state index contributed by atoms with van der Waals surface area (Å²) < 4.78 is 6.60. The zero-order chi connectivity index (χ0) is 13.6. The number of esters is 1. The Morgan fingerprint density at radius 3 is 2.89 bits per heavy atom. The van der Waals surface area contributed by atoms with Gasteiger partial charge in [0.15, 0.2) is 0 Å². The normalized spacial score (nSPS) is 11.1. The van der Waals surface area contributed by atoms with E-state index >= 15 is 0 Å². The lowest BCUT2D eigenvalue weighted by atomic mass is 10.1. The molecule has 0 radical (unpaired) electrons. The van der Waals surface area contributed by atoms with E-state index in [9.17, 15) is 4.79 Å². The summed E-state index contributed by atoms with van der Waals surface area (Å²) in [5, 5.41) is 2.11. The monoisotopic (exact) mass is 275 g/mol. The molecule has 3 rings (SSSR count). The Labute approximate surface area is 113 Å². The minimum absolute atomic E-state index is 0.371. The summed E-state index contributed by atoms with van der Waals surface area (Å²) in [6, 6.07) is 5.30. The molecule has 0 bridgehead atoms. The van der Waals surface area contributed by atoms with E-state index in [0.29, 0.717) is 10.7 Å². The Morgan fingerprint density at radius 2 is 2.16 bits per heavy atom. The topological polar surface area (TPSA) is 57.0 Å². The second-order valence-electron chi connectivity index (χ2n) is 4.15. The maximum Gasteiger partial charge on any atom is 0.337 e. The SMILES string of the molecule is COC(=O)c1ccc2c3c(Cl)ncnc3n(C)c2c1. The third-order valence-electron chi connectivity index (χ3n) is 3.15. The van der Waals surface area contributed by atoms with Gasteiger partial charge in [-0.05, 0) is 12.1 Å². The van der Waals surface area contributed by atoms with Crippen LogP contribution in [0.4, 0.5) is 0 Å². The minimum Gasteiger partial charge on any atom is -0.465 e. The third kappa shape index (κ3) is 1.66. The molecule has 0 spiro atoms. The molecule has 1 aromatic carbocycles. The van der Waals surface area contributed by atoms with E-state index in [2.05, 4.69) is 9.97 Å². The van der Waals surface area contributed by atoms with Gasteiger partial charge in [-0.1, -0.05) is 17.7 Å². The van der Waals surface area contributed by atoms with Crippen molar-refractivity contribution in [3.8, 4) is 0 Å². The number of nitrogens with zero attached hydrogens (tertiary/aromatic N) is 3. The van der Waals surface area contributed by atoms with Crippen molar-refractivity contribution in [2.75, 3.05) is 7.11 Å². The van der Waals surface area contributed by atoms with E-state index < -0.39 is 0 Å². The predicted molar refractivity (Wildman–Crippen MR) is 72.4 cm³/mol. The molecule has 19 heavy (non-hydrogen) atoms. The van der Waals surface area contributed by atoms with Crippen LogP contribution in [0.25, 0.3) is 21.9 Å². The van der Waals surface area contributed by atoms with Crippen LogP contribution in [0.2, 0.25) is 5.15 Å². The number of halogens is 1. The first-order valence-corrected chi connectivity index (χ1v) is 5.98. The summed E-state index contributed by atoms with van der Waals surface area (Å²) in [7, 11) is 3.23. The second-order valence-corrected chi connectivity index (χ2v) is 4.50. The quantitative estimate of drug-likeness (QED) is 0.506. The van der Waals surface area contributed by atoms with Gasteiger partial charge in [0.25, 0.3) is 0 Å². The van der Waals surface area contributed by atoms with Crippen molar-refractivity contribution in [2.45, 2.75) is 0 Å². The van der Waals surface area contributed by atoms with Gasteiger partial charge in [-0.15, -0.1) is 0 Å². The molecule has 0 N–H and O–H groups in total. The van der Waals surface area contributed by atoms with Gasteiger partial charge in [0, 0.05) is 12.4 Å². The molecule has 2 aromatic heterocycles. The number of hydrogen-bond donors (Lipinski definition) is 0. The fourth-order valence-corrected chi connectivity index (χ4v) is 2.45.